The molecule has 6 heterocycles. The van der Waals surface area contributed by atoms with Crippen molar-refractivity contribution < 1.29 is 14.7 Å². The number of hydrogen-bond acceptors (Lipinski definition) is 9. The molecule has 5 N–H and O–H groups in total. The van der Waals surface area contributed by atoms with E-state index in [4.69, 9.17) is 4.98 Å². The third kappa shape index (κ3) is 7.01. The fraction of sp³-hybridized carbons (Fsp3) is 0.375. The van der Waals surface area contributed by atoms with Crippen LogP contribution in [0.3, 0.4) is 0 Å². The van der Waals surface area contributed by atoms with E-state index in [0.29, 0.717) is 31.0 Å². The van der Waals surface area contributed by atoms with Gasteiger partial charge in [0.05, 0.1) is 11.8 Å². The number of amides is 2. The Morgan fingerprint density at radius 1 is 0.981 bits per heavy atom. The third-order valence-corrected chi connectivity index (χ3v) is 10.7. The first kappa shape index (κ1) is 33.9. The molecule has 0 bridgehead atoms. The number of aliphatic hydroxyl groups is 1. The summed E-state index contributed by atoms with van der Waals surface area (Å²) in [4.78, 5) is 36.9. The highest BCUT2D eigenvalue weighted by Gasteiger charge is 2.27. The van der Waals surface area contributed by atoms with E-state index in [1.54, 1.807) is 6.20 Å². The minimum Gasteiger partial charge on any atom is -0.392 e. The lowest BCUT2D eigenvalue weighted by molar-refractivity contribution is -0.119. The molecule has 12 nitrogen and oxygen atoms in total. The second-order valence-electron chi connectivity index (χ2n) is 14.4. The summed E-state index contributed by atoms with van der Waals surface area (Å²) >= 11 is 0. The van der Waals surface area contributed by atoms with Crippen molar-refractivity contribution in [3.8, 4) is 11.1 Å². The average molecular weight is 700 g/mol. The Labute approximate surface area is 303 Å². The number of likely N-dealkylation sites (tertiary alicyclic amines) is 1. The Bertz CT molecular complexity index is 2150. The van der Waals surface area contributed by atoms with Gasteiger partial charge in [-0.15, -0.1) is 0 Å². The van der Waals surface area contributed by atoms with Crippen LogP contribution in [0.25, 0.3) is 22.0 Å². The highest BCUT2D eigenvalue weighted by Crippen LogP contribution is 2.36. The van der Waals surface area contributed by atoms with Crippen LogP contribution in [-0.2, 0) is 17.9 Å². The number of carbonyl (C=O) groups excluding carboxylic acids is 2. The second-order valence-corrected chi connectivity index (χ2v) is 14.4. The van der Waals surface area contributed by atoms with Gasteiger partial charge in [0.2, 0.25) is 5.91 Å². The van der Waals surface area contributed by atoms with Crippen molar-refractivity contribution in [3.05, 3.63) is 95.1 Å². The van der Waals surface area contributed by atoms with Gasteiger partial charge in [0, 0.05) is 80.4 Å². The summed E-state index contributed by atoms with van der Waals surface area (Å²) in [7, 11) is 0. The van der Waals surface area contributed by atoms with Gasteiger partial charge in [0.1, 0.15) is 5.52 Å². The molecule has 2 fully saturated rings. The fourth-order valence-corrected chi connectivity index (χ4v) is 7.85. The average Bonchev–Trinajstić information content (AvgIpc) is 3.89. The molecule has 3 aromatic heterocycles. The fourth-order valence-electron chi connectivity index (χ4n) is 7.85. The molecule has 0 spiro atoms. The van der Waals surface area contributed by atoms with E-state index in [-0.39, 0.29) is 30.0 Å². The van der Waals surface area contributed by atoms with Gasteiger partial charge in [-0.3, -0.25) is 24.2 Å². The van der Waals surface area contributed by atoms with Gasteiger partial charge < -0.3 is 26.4 Å². The molecule has 0 radical (unpaired) electrons. The molecule has 8 rings (SSSR count). The number of aryl methyl sites for hydroxylation is 1. The maximum Gasteiger partial charge on any atom is 0.276 e. The van der Waals surface area contributed by atoms with Gasteiger partial charge in [-0.1, -0.05) is 24.3 Å². The Morgan fingerprint density at radius 3 is 2.56 bits per heavy atom. The summed E-state index contributed by atoms with van der Waals surface area (Å²) in [6, 6.07) is 18.4. The molecule has 12 heteroatoms. The van der Waals surface area contributed by atoms with Crippen LogP contribution in [-0.4, -0.2) is 73.3 Å². The van der Waals surface area contributed by atoms with Crippen LogP contribution in [0.1, 0.15) is 71.0 Å². The first-order valence-corrected chi connectivity index (χ1v) is 18.3. The zero-order valence-electron chi connectivity index (χ0n) is 29.7. The Morgan fingerprint density at radius 2 is 1.79 bits per heavy atom. The molecule has 3 aliphatic heterocycles. The summed E-state index contributed by atoms with van der Waals surface area (Å²) in [5.74, 6) is 0.552. The first-order chi connectivity index (χ1) is 25.3. The molecule has 2 amide bonds. The monoisotopic (exact) mass is 699 g/mol. The van der Waals surface area contributed by atoms with Gasteiger partial charge in [0.25, 0.3) is 5.91 Å². The number of β-amino-alcohol motifs (C(OH)–C–C–N with tert-alkyl or cyclic N) is 1. The molecule has 0 aliphatic carbocycles. The van der Waals surface area contributed by atoms with Crippen molar-refractivity contribution in [3.63, 3.8) is 0 Å². The first-order valence-electron chi connectivity index (χ1n) is 18.3. The predicted octanol–water partition coefficient (Wildman–Crippen LogP) is 5.38. The highest BCUT2D eigenvalue weighted by molar-refractivity contribution is 6.04. The molecule has 2 saturated heterocycles. The SMILES string of the molecule is Cc1c(NC(=O)c2cc3n(n2)CCCC3NC[C@@H]2CCC(=O)N2)cccc1-c1cccc(Nc2nccc3cc(CN4CC[C@@H](O)C4)cnc23)c1C. The zero-order chi connectivity index (χ0) is 35.8. The Hall–Kier alpha value is -5.17. The van der Waals surface area contributed by atoms with Gasteiger partial charge in [-0.05, 0) is 97.7 Å². The number of aliphatic hydroxyl groups excluding tert-OH is 1. The summed E-state index contributed by atoms with van der Waals surface area (Å²) in [5, 5.41) is 28.9. The smallest absolute Gasteiger partial charge is 0.276 e. The van der Waals surface area contributed by atoms with Crippen LogP contribution in [0.5, 0.6) is 0 Å². The third-order valence-electron chi connectivity index (χ3n) is 10.7. The van der Waals surface area contributed by atoms with Crippen LogP contribution >= 0.6 is 0 Å². The minimum atomic E-state index is -0.248. The number of aromatic nitrogens is 4. The van der Waals surface area contributed by atoms with Crippen LogP contribution in [0.15, 0.2) is 67.0 Å². The molecular weight excluding hydrogens is 654 g/mol. The molecule has 268 valence electrons. The second kappa shape index (κ2) is 14.5. The van der Waals surface area contributed by atoms with E-state index in [1.807, 2.05) is 54.2 Å². The van der Waals surface area contributed by atoms with E-state index < -0.39 is 0 Å². The molecular formula is C40H45N9O3. The molecule has 3 atom stereocenters. The minimum absolute atomic E-state index is 0.0854. The van der Waals surface area contributed by atoms with E-state index in [9.17, 15) is 14.7 Å². The van der Waals surface area contributed by atoms with Gasteiger partial charge in [-0.2, -0.15) is 5.10 Å². The number of benzene rings is 2. The maximum atomic E-state index is 13.6. The molecule has 52 heavy (non-hydrogen) atoms. The van der Waals surface area contributed by atoms with Crippen LogP contribution in [0.4, 0.5) is 17.2 Å². The molecule has 0 saturated carbocycles. The van der Waals surface area contributed by atoms with Crippen molar-refractivity contribution in [1.29, 1.82) is 0 Å². The van der Waals surface area contributed by atoms with Gasteiger partial charge in [-0.25, -0.2) is 4.98 Å². The highest BCUT2D eigenvalue weighted by atomic mass is 16.3. The largest absolute Gasteiger partial charge is 0.392 e. The summed E-state index contributed by atoms with van der Waals surface area (Å²) in [6.45, 7) is 7.94. The van der Waals surface area contributed by atoms with Crippen LogP contribution < -0.4 is 21.3 Å². The summed E-state index contributed by atoms with van der Waals surface area (Å²) in [5.41, 5.74) is 9.04. The van der Waals surface area contributed by atoms with E-state index in [0.717, 1.165) is 101 Å². The number of hydrogen-bond donors (Lipinski definition) is 5. The number of nitrogens with zero attached hydrogens (tertiary/aromatic N) is 5. The van der Waals surface area contributed by atoms with Crippen LogP contribution in [0, 0.1) is 13.8 Å². The maximum absolute atomic E-state index is 13.6. The lowest BCUT2D eigenvalue weighted by atomic mass is 9.94. The number of carbonyl (C=O) groups is 2. The number of pyridine rings is 2. The van der Waals surface area contributed by atoms with Crippen molar-refractivity contribution in [2.75, 3.05) is 30.3 Å². The summed E-state index contributed by atoms with van der Waals surface area (Å²) < 4.78 is 1.94. The van der Waals surface area contributed by atoms with Crippen molar-refractivity contribution >= 4 is 39.9 Å². The lowest BCUT2D eigenvalue weighted by Crippen LogP contribution is -2.38. The Balaban J connectivity index is 0.982. The predicted molar refractivity (Wildman–Crippen MR) is 201 cm³/mol. The summed E-state index contributed by atoms with van der Waals surface area (Å²) in [6.07, 6.45) is 7.62. The van der Waals surface area contributed by atoms with E-state index in [1.165, 1.54) is 0 Å². The lowest BCUT2D eigenvalue weighted by Gasteiger charge is -2.25. The zero-order valence-corrected chi connectivity index (χ0v) is 29.7. The van der Waals surface area contributed by atoms with Gasteiger partial charge in [0.15, 0.2) is 11.5 Å². The molecule has 1 unspecified atom stereocenters. The Kier molecular flexibility index (Phi) is 9.43. The topological polar surface area (TPSA) is 149 Å². The number of anilines is 3. The number of rotatable bonds is 10. The molecule has 2 aromatic carbocycles. The van der Waals surface area contributed by atoms with Crippen molar-refractivity contribution in [2.45, 2.75) is 77.2 Å². The standard InChI is InChI=1S/C40H45N9O3/c1-24-30(6-3-8-32(24)45-39-38-27(13-15-41-39)18-26(20-43-38)22-48-17-14-29(50)23-48)31-7-4-9-33(25(31)2)46-40(52)35-19-36-34(10-5-16-49(36)47-35)42-21-28-11-12-37(51)44-28/h3-4,6-9,13,15,18-20,28-29,34,42,50H,5,10-12,14,16-17,21-23H2,1-2H3,(H,41,45)(H,44,51)(H,46,52)/t28-,29+,34?/m0/s1. The normalized spacial score (nSPS) is 20.2. The number of nitrogens with one attached hydrogen (secondary N) is 4. The van der Waals surface area contributed by atoms with E-state index in [2.05, 4.69) is 61.4 Å². The van der Waals surface area contributed by atoms with E-state index >= 15 is 0 Å². The quantitative estimate of drug-likeness (QED) is 0.130. The van der Waals surface area contributed by atoms with Gasteiger partial charge >= 0.3 is 0 Å². The molecule has 3 aliphatic rings. The molecule has 5 aromatic rings. The van der Waals surface area contributed by atoms with Crippen molar-refractivity contribution in [2.24, 2.45) is 0 Å². The number of fused-ring (bicyclic) bond motifs is 2. The van der Waals surface area contributed by atoms with Crippen LogP contribution in [0.2, 0.25) is 0 Å². The van der Waals surface area contributed by atoms with Crippen molar-refractivity contribution in [1.82, 2.24) is 35.3 Å².